The summed E-state index contributed by atoms with van der Waals surface area (Å²) in [7, 11) is -1.67. The van der Waals surface area contributed by atoms with Crippen molar-refractivity contribution in [2.75, 3.05) is 24.2 Å². The van der Waals surface area contributed by atoms with Crippen molar-refractivity contribution in [2.45, 2.75) is 65.6 Å². The lowest BCUT2D eigenvalue weighted by Gasteiger charge is -2.39. The normalized spacial score (nSPS) is 13.2. The van der Waals surface area contributed by atoms with E-state index in [0.29, 0.717) is 0 Å². The topological polar surface area (TPSA) is 47.3 Å². The van der Waals surface area contributed by atoms with Crippen LogP contribution in [-0.4, -0.2) is 21.5 Å². The average molecular weight is 415 g/mol. The Hall–Kier alpha value is -0.523. The van der Waals surface area contributed by atoms with Crippen molar-refractivity contribution in [3.63, 3.8) is 0 Å². The number of nitrogens with one attached hydrogen (secondary N) is 1. The van der Waals surface area contributed by atoms with Gasteiger partial charge < -0.3 is 15.5 Å². The third-order valence-corrected chi connectivity index (χ3v) is 9.96. The molecule has 1 aromatic carbocycles. The number of anilines is 2. The zero-order valence-corrected chi connectivity index (χ0v) is 19.0. The van der Waals surface area contributed by atoms with Crippen molar-refractivity contribution in [1.82, 2.24) is 0 Å². The van der Waals surface area contributed by atoms with Crippen LogP contribution >= 0.6 is 15.9 Å². The molecule has 138 valence electrons. The molecular weight excluding hydrogens is 380 g/mol. The van der Waals surface area contributed by atoms with Gasteiger partial charge in [-0.3, -0.25) is 0 Å². The molecule has 0 aliphatic carbocycles. The van der Waals surface area contributed by atoms with Crippen LogP contribution in [0.4, 0.5) is 11.4 Å². The van der Waals surface area contributed by atoms with E-state index in [-0.39, 0.29) is 10.5 Å². The highest BCUT2D eigenvalue weighted by molar-refractivity contribution is 9.10. The van der Waals surface area contributed by atoms with Gasteiger partial charge in [-0.2, -0.15) is 0 Å². The zero-order valence-electron chi connectivity index (χ0n) is 16.4. The van der Waals surface area contributed by atoms with Gasteiger partial charge in [-0.15, -0.1) is 0 Å². The predicted octanol–water partition coefficient (Wildman–Crippen LogP) is 6.27. The molecular formula is C19H35BrN2OSi. The maximum atomic E-state index is 6.40. The number of nitrogens with two attached hydrogens (primary N) is 1. The number of rotatable bonds is 8. The fraction of sp³-hybridized carbons (Fsp3) is 0.684. The molecule has 3 nitrogen and oxygen atoms in total. The molecule has 24 heavy (non-hydrogen) atoms. The molecule has 0 unspecified atom stereocenters. The van der Waals surface area contributed by atoms with Gasteiger partial charge in [0.1, 0.15) is 0 Å². The average Bonchev–Trinajstić information content (AvgIpc) is 2.44. The first kappa shape index (κ1) is 21.5. The van der Waals surface area contributed by atoms with Gasteiger partial charge in [0.15, 0.2) is 8.32 Å². The summed E-state index contributed by atoms with van der Waals surface area (Å²) in [6.07, 6.45) is 2.22. The lowest BCUT2D eigenvalue weighted by Crippen LogP contribution is -2.43. The first-order valence-corrected chi connectivity index (χ1v) is 12.5. The van der Waals surface area contributed by atoms with E-state index >= 15 is 0 Å². The van der Waals surface area contributed by atoms with Crippen LogP contribution in [-0.2, 0) is 4.43 Å². The van der Waals surface area contributed by atoms with Crippen molar-refractivity contribution in [3.05, 3.63) is 22.7 Å². The van der Waals surface area contributed by atoms with Crippen LogP contribution in [0.15, 0.2) is 22.7 Å². The van der Waals surface area contributed by atoms with Crippen molar-refractivity contribution >= 4 is 35.6 Å². The molecule has 5 heteroatoms. The molecule has 0 heterocycles. The molecule has 1 rings (SSSR count). The minimum Gasteiger partial charge on any atom is -0.416 e. The fourth-order valence-electron chi connectivity index (χ4n) is 2.14. The summed E-state index contributed by atoms with van der Waals surface area (Å²) < 4.78 is 7.44. The zero-order chi connectivity index (χ0) is 18.6. The van der Waals surface area contributed by atoms with Crippen LogP contribution in [0, 0.1) is 5.41 Å². The molecule has 0 atom stereocenters. The van der Waals surface area contributed by atoms with Gasteiger partial charge >= 0.3 is 0 Å². The van der Waals surface area contributed by atoms with Crippen molar-refractivity contribution in [2.24, 2.45) is 5.41 Å². The molecule has 0 aliphatic rings. The van der Waals surface area contributed by atoms with E-state index in [9.17, 15) is 0 Å². The molecule has 0 fully saturated rings. The van der Waals surface area contributed by atoms with Crippen molar-refractivity contribution in [3.8, 4) is 0 Å². The number of hydrogen-bond donors (Lipinski definition) is 2. The summed E-state index contributed by atoms with van der Waals surface area (Å²) in [5, 5.41) is 3.70. The molecule has 0 bridgehead atoms. The Labute approximate surface area is 158 Å². The Balaban J connectivity index is 2.42. The smallest absolute Gasteiger partial charge is 0.192 e. The van der Waals surface area contributed by atoms with E-state index in [1.165, 1.54) is 0 Å². The minimum atomic E-state index is -1.67. The second kappa shape index (κ2) is 8.24. The van der Waals surface area contributed by atoms with Gasteiger partial charge in [0, 0.05) is 17.6 Å². The number of halogens is 1. The summed E-state index contributed by atoms with van der Waals surface area (Å²) in [6.45, 7) is 17.9. The lowest BCUT2D eigenvalue weighted by atomic mass is 9.89. The Morgan fingerprint density at radius 2 is 1.79 bits per heavy atom. The van der Waals surface area contributed by atoms with E-state index in [1.807, 2.05) is 18.2 Å². The molecule has 3 N–H and O–H groups in total. The fourth-order valence-corrected chi connectivity index (χ4v) is 3.68. The highest BCUT2D eigenvalue weighted by Crippen LogP contribution is 2.38. The maximum Gasteiger partial charge on any atom is 0.192 e. The SMILES string of the molecule is CC(C)(CCCNc1cc(Br)ccc1N)CO[Si](C)(C)C(C)(C)C. The molecule has 0 radical (unpaired) electrons. The third kappa shape index (κ3) is 6.77. The molecule has 1 aromatic rings. The van der Waals surface area contributed by atoms with Crippen LogP contribution in [0.3, 0.4) is 0 Å². The number of nitrogen functional groups attached to an aromatic ring is 1. The number of benzene rings is 1. The van der Waals surface area contributed by atoms with Crippen LogP contribution in [0.1, 0.15) is 47.5 Å². The van der Waals surface area contributed by atoms with Crippen molar-refractivity contribution in [1.29, 1.82) is 0 Å². The second-order valence-corrected chi connectivity index (χ2v) is 14.7. The molecule has 0 saturated heterocycles. The van der Waals surface area contributed by atoms with Gasteiger partial charge in [-0.25, -0.2) is 0 Å². The highest BCUT2D eigenvalue weighted by atomic mass is 79.9. The first-order chi connectivity index (χ1) is 10.8. The predicted molar refractivity (Wildman–Crippen MR) is 113 cm³/mol. The summed E-state index contributed by atoms with van der Waals surface area (Å²) >= 11 is 3.48. The van der Waals surface area contributed by atoms with Crippen LogP contribution in [0.5, 0.6) is 0 Å². The van der Waals surface area contributed by atoms with Gasteiger partial charge in [0.05, 0.1) is 11.4 Å². The van der Waals surface area contributed by atoms with Gasteiger partial charge in [-0.1, -0.05) is 50.5 Å². The Kier molecular flexibility index (Phi) is 7.39. The van der Waals surface area contributed by atoms with E-state index in [4.69, 9.17) is 10.2 Å². The molecule has 0 spiro atoms. The van der Waals surface area contributed by atoms with Crippen LogP contribution in [0.25, 0.3) is 0 Å². The summed E-state index contributed by atoms with van der Waals surface area (Å²) in [5.74, 6) is 0. The van der Waals surface area contributed by atoms with E-state index in [0.717, 1.165) is 41.8 Å². The van der Waals surface area contributed by atoms with E-state index in [1.54, 1.807) is 0 Å². The number of hydrogen-bond acceptors (Lipinski definition) is 3. The quantitative estimate of drug-likeness (QED) is 0.299. The van der Waals surface area contributed by atoms with Gasteiger partial charge in [0.25, 0.3) is 0 Å². The lowest BCUT2D eigenvalue weighted by molar-refractivity contribution is 0.154. The Morgan fingerprint density at radius 3 is 2.38 bits per heavy atom. The minimum absolute atomic E-state index is 0.194. The van der Waals surface area contributed by atoms with Crippen molar-refractivity contribution < 1.29 is 4.43 Å². The summed E-state index contributed by atoms with van der Waals surface area (Å²) in [6, 6.07) is 5.91. The molecule has 0 amide bonds. The largest absolute Gasteiger partial charge is 0.416 e. The second-order valence-electron chi connectivity index (χ2n) is 8.98. The Morgan fingerprint density at radius 1 is 1.17 bits per heavy atom. The summed E-state index contributed by atoms with van der Waals surface area (Å²) in [5.41, 5.74) is 7.98. The van der Waals surface area contributed by atoms with Crippen LogP contribution < -0.4 is 11.1 Å². The summed E-state index contributed by atoms with van der Waals surface area (Å²) in [4.78, 5) is 0. The monoisotopic (exact) mass is 414 g/mol. The third-order valence-electron chi connectivity index (χ3n) is 4.99. The maximum absolute atomic E-state index is 6.40. The molecule has 0 saturated carbocycles. The van der Waals surface area contributed by atoms with E-state index in [2.05, 4.69) is 69.0 Å². The standard InChI is InChI=1S/C19H35BrN2OSi/c1-18(2,3)24(6,7)23-14-19(4,5)11-8-12-22-17-13-15(20)9-10-16(17)21/h9-10,13,22H,8,11-12,14,21H2,1-7H3. The Bertz CT molecular complexity index is 539. The van der Waals surface area contributed by atoms with Crippen LogP contribution in [0.2, 0.25) is 18.1 Å². The van der Waals surface area contributed by atoms with Gasteiger partial charge in [0.2, 0.25) is 0 Å². The molecule has 0 aliphatic heterocycles. The first-order valence-electron chi connectivity index (χ1n) is 8.77. The van der Waals surface area contributed by atoms with E-state index < -0.39 is 8.32 Å². The molecule has 0 aromatic heterocycles. The van der Waals surface area contributed by atoms with Gasteiger partial charge in [-0.05, 0) is 54.6 Å². The highest BCUT2D eigenvalue weighted by Gasteiger charge is 2.38.